The fraction of sp³-hybridized carbons (Fsp3) is 0.200. The fourth-order valence-corrected chi connectivity index (χ4v) is 2.26. The SMILES string of the molecule is CCNC(c1cccc(F)c1)c1ccc(Br)c(F)c1. The smallest absolute Gasteiger partial charge is 0.137 e. The lowest BCUT2D eigenvalue weighted by Crippen LogP contribution is -2.22. The van der Waals surface area contributed by atoms with Crippen LogP contribution in [0.15, 0.2) is 46.9 Å². The van der Waals surface area contributed by atoms with Gasteiger partial charge in [-0.25, -0.2) is 8.78 Å². The summed E-state index contributed by atoms with van der Waals surface area (Å²) in [5.41, 5.74) is 1.55. The van der Waals surface area contributed by atoms with Crippen LogP contribution in [-0.2, 0) is 0 Å². The highest BCUT2D eigenvalue weighted by molar-refractivity contribution is 9.10. The van der Waals surface area contributed by atoms with Crippen LogP contribution in [0.1, 0.15) is 24.1 Å². The Kier molecular flexibility index (Phi) is 4.66. The van der Waals surface area contributed by atoms with Crippen molar-refractivity contribution in [2.45, 2.75) is 13.0 Å². The van der Waals surface area contributed by atoms with Gasteiger partial charge in [0.15, 0.2) is 0 Å². The molecule has 2 aromatic rings. The molecule has 0 heterocycles. The summed E-state index contributed by atoms with van der Waals surface area (Å²) in [6.07, 6.45) is 0. The normalized spacial score (nSPS) is 12.4. The summed E-state index contributed by atoms with van der Waals surface area (Å²) < 4.78 is 27.4. The lowest BCUT2D eigenvalue weighted by molar-refractivity contribution is 0.590. The maximum atomic E-state index is 13.6. The van der Waals surface area contributed by atoms with E-state index in [2.05, 4.69) is 21.2 Å². The van der Waals surface area contributed by atoms with Crippen LogP contribution in [0.3, 0.4) is 0 Å². The second-order valence-corrected chi connectivity index (χ2v) is 5.07. The first kappa shape index (κ1) is 14.2. The van der Waals surface area contributed by atoms with Crippen molar-refractivity contribution in [3.8, 4) is 0 Å². The van der Waals surface area contributed by atoms with E-state index in [1.807, 2.05) is 19.1 Å². The van der Waals surface area contributed by atoms with Crippen LogP contribution in [0.4, 0.5) is 8.78 Å². The molecule has 0 aliphatic heterocycles. The van der Waals surface area contributed by atoms with Crippen molar-refractivity contribution >= 4 is 15.9 Å². The summed E-state index contributed by atoms with van der Waals surface area (Å²) >= 11 is 3.13. The number of hydrogen-bond acceptors (Lipinski definition) is 1. The monoisotopic (exact) mass is 325 g/mol. The van der Waals surface area contributed by atoms with E-state index in [0.717, 1.165) is 11.1 Å². The first-order valence-corrected chi connectivity index (χ1v) is 6.85. The molecule has 0 bridgehead atoms. The van der Waals surface area contributed by atoms with Crippen molar-refractivity contribution in [3.63, 3.8) is 0 Å². The van der Waals surface area contributed by atoms with Crippen molar-refractivity contribution in [1.82, 2.24) is 5.32 Å². The van der Waals surface area contributed by atoms with Gasteiger partial charge in [0.2, 0.25) is 0 Å². The zero-order valence-corrected chi connectivity index (χ0v) is 12.0. The second-order valence-electron chi connectivity index (χ2n) is 4.22. The third kappa shape index (κ3) is 3.39. The minimum atomic E-state index is -0.322. The average Bonchev–Trinajstić information content (AvgIpc) is 2.39. The predicted molar refractivity (Wildman–Crippen MR) is 76.0 cm³/mol. The largest absolute Gasteiger partial charge is 0.307 e. The van der Waals surface area contributed by atoms with E-state index in [1.165, 1.54) is 18.2 Å². The van der Waals surface area contributed by atoms with Gasteiger partial charge in [-0.2, -0.15) is 0 Å². The maximum Gasteiger partial charge on any atom is 0.137 e. The fourth-order valence-electron chi connectivity index (χ4n) is 2.01. The van der Waals surface area contributed by atoms with E-state index >= 15 is 0 Å². The molecule has 2 rings (SSSR count). The Morgan fingerprint density at radius 2 is 1.84 bits per heavy atom. The predicted octanol–water partition coefficient (Wildman–Crippen LogP) is 4.43. The summed E-state index contributed by atoms with van der Waals surface area (Å²) in [5, 5.41) is 3.24. The molecule has 0 amide bonds. The third-order valence-electron chi connectivity index (χ3n) is 2.87. The molecule has 2 aromatic carbocycles. The lowest BCUT2D eigenvalue weighted by atomic mass is 9.98. The third-order valence-corrected chi connectivity index (χ3v) is 3.51. The average molecular weight is 326 g/mol. The molecule has 4 heteroatoms. The van der Waals surface area contributed by atoms with Crippen LogP contribution in [0, 0.1) is 11.6 Å². The zero-order chi connectivity index (χ0) is 13.8. The van der Waals surface area contributed by atoms with Gasteiger partial charge in [-0.05, 0) is 57.9 Å². The molecular weight excluding hydrogens is 312 g/mol. The van der Waals surface area contributed by atoms with Crippen molar-refractivity contribution < 1.29 is 8.78 Å². The molecule has 0 aromatic heterocycles. The Balaban J connectivity index is 2.42. The molecular formula is C15H14BrF2N. The minimum absolute atomic E-state index is 0.219. The molecule has 0 saturated heterocycles. The van der Waals surface area contributed by atoms with Gasteiger partial charge in [0.05, 0.1) is 10.5 Å². The molecule has 100 valence electrons. The second kappa shape index (κ2) is 6.26. The summed E-state index contributed by atoms with van der Waals surface area (Å²) in [7, 11) is 0. The van der Waals surface area contributed by atoms with Gasteiger partial charge in [-0.15, -0.1) is 0 Å². The van der Waals surface area contributed by atoms with Crippen LogP contribution < -0.4 is 5.32 Å². The van der Waals surface area contributed by atoms with Gasteiger partial charge in [-0.3, -0.25) is 0 Å². The summed E-state index contributed by atoms with van der Waals surface area (Å²) in [4.78, 5) is 0. The summed E-state index contributed by atoms with van der Waals surface area (Å²) in [5.74, 6) is -0.616. The minimum Gasteiger partial charge on any atom is -0.307 e. The quantitative estimate of drug-likeness (QED) is 0.877. The highest BCUT2D eigenvalue weighted by Gasteiger charge is 2.15. The van der Waals surface area contributed by atoms with E-state index < -0.39 is 0 Å². The van der Waals surface area contributed by atoms with E-state index in [1.54, 1.807) is 12.1 Å². The van der Waals surface area contributed by atoms with Gasteiger partial charge in [-0.1, -0.05) is 25.1 Å². The Morgan fingerprint density at radius 3 is 2.47 bits per heavy atom. The van der Waals surface area contributed by atoms with Crippen LogP contribution in [0.5, 0.6) is 0 Å². The molecule has 0 spiro atoms. The number of rotatable bonds is 4. The van der Waals surface area contributed by atoms with Gasteiger partial charge in [0, 0.05) is 0 Å². The molecule has 0 radical (unpaired) electrons. The Hall–Kier alpha value is -1.26. The molecule has 0 fully saturated rings. The van der Waals surface area contributed by atoms with Crippen LogP contribution >= 0.6 is 15.9 Å². The van der Waals surface area contributed by atoms with Gasteiger partial charge in [0.25, 0.3) is 0 Å². The van der Waals surface area contributed by atoms with Crippen molar-refractivity contribution in [2.75, 3.05) is 6.54 Å². The van der Waals surface area contributed by atoms with E-state index in [0.29, 0.717) is 11.0 Å². The first-order valence-electron chi connectivity index (χ1n) is 6.05. The molecule has 1 atom stereocenters. The molecule has 1 nitrogen and oxygen atoms in total. The first-order chi connectivity index (χ1) is 9.11. The molecule has 0 aliphatic rings. The van der Waals surface area contributed by atoms with Crippen LogP contribution in [-0.4, -0.2) is 6.54 Å². The Labute approximate surface area is 119 Å². The topological polar surface area (TPSA) is 12.0 Å². The molecule has 19 heavy (non-hydrogen) atoms. The van der Waals surface area contributed by atoms with Gasteiger partial charge < -0.3 is 5.32 Å². The standard InChI is InChI=1S/C15H14BrF2N/c1-2-19-15(10-4-3-5-12(17)8-10)11-6-7-13(16)14(18)9-11/h3-9,15,19H,2H2,1H3. The van der Waals surface area contributed by atoms with Crippen molar-refractivity contribution in [1.29, 1.82) is 0 Å². The molecule has 1 unspecified atom stereocenters. The highest BCUT2D eigenvalue weighted by Crippen LogP contribution is 2.26. The molecule has 1 N–H and O–H groups in total. The van der Waals surface area contributed by atoms with E-state index in [-0.39, 0.29) is 17.7 Å². The Bertz CT molecular complexity index is 572. The number of hydrogen-bond donors (Lipinski definition) is 1. The Morgan fingerprint density at radius 1 is 1.11 bits per heavy atom. The van der Waals surface area contributed by atoms with Gasteiger partial charge in [0.1, 0.15) is 11.6 Å². The number of halogens is 3. The zero-order valence-electron chi connectivity index (χ0n) is 10.5. The van der Waals surface area contributed by atoms with Gasteiger partial charge >= 0.3 is 0 Å². The van der Waals surface area contributed by atoms with Crippen molar-refractivity contribution in [3.05, 3.63) is 69.7 Å². The lowest BCUT2D eigenvalue weighted by Gasteiger charge is -2.19. The van der Waals surface area contributed by atoms with E-state index in [9.17, 15) is 8.78 Å². The van der Waals surface area contributed by atoms with Crippen LogP contribution in [0.2, 0.25) is 0 Å². The van der Waals surface area contributed by atoms with E-state index in [4.69, 9.17) is 0 Å². The number of benzene rings is 2. The summed E-state index contributed by atoms with van der Waals surface area (Å²) in [6.45, 7) is 2.67. The van der Waals surface area contributed by atoms with Crippen LogP contribution in [0.25, 0.3) is 0 Å². The molecule has 0 saturated carbocycles. The summed E-state index contributed by atoms with van der Waals surface area (Å²) in [6, 6.07) is 11.1. The number of nitrogens with one attached hydrogen (secondary N) is 1. The maximum absolute atomic E-state index is 13.6. The molecule has 0 aliphatic carbocycles. The highest BCUT2D eigenvalue weighted by atomic mass is 79.9. The van der Waals surface area contributed by atoms with Crippen molar-refractivity contribution in [2.24, 2.45) is 0 Å².